The van der Waals surface area contributed by atoms with Crippen LogP contribution in [0, 0.1) is 0 Å². The predicted octanol–water partition coefficient (Wildman–Crippen LogP) is 2.10. The van der Waals surface area contributed by atoms with Crippen LogP contribution in [0.5, 0.6) is 11.5 Å². The second-order valence-corrected chi connectivity index (χ2v) is 7.75. The number of ether oxygens (including phenoxy) is 1. The highest BCUT2D eigenvalue weighted by Gasteiger charge is 2.44. The molecule has 0 saturated carbocycles. The Hall–Kier alpha value is -4.53. The molecule has 0 bridgehead atoms. The molecule has 0 radical (unpaired) electrons. The number of carbonyl (C=O) groups excluding carboxylic acids is 5. The predicted molar refractivity (Wildman–Crippen MR) is 121 cm³/mol. The third-order valence-corrected chi connectivity index (χ3v) is 5.55. The van der Waals surface area contributed by atoms with E-state index in [0.29, 0.717) is 11.1 Å². The lowest BCUT2D eigenvalue weighted by Gasteiger charge is -2.27. The molecule has 2 aromatic carbocycles. The number of hydrogen-bond acceptors (Lipinski definition) is 7. The van der Waals surface area contributed by atoms with Gasteiger partial charge in [0.15, 0.2) is 17.3 Å². The summed E-state index contributed by atoms with van der Waals surface area (Å²) in [4.78, 5) is 62.2. The van der Waals surface area contributed by atoms with Crippen molar-refractivity contribution in [2.75, 3.05) is 7.11 Å². The van der Waals surface area contributed by atoms with Crippen molar-refractivity contribution < 1.29 is 33.8 Å². The van der Waals surface area contributed by atoms with Gasteiger partial charge in [0.1, 0.15) is 6.04 Å². The normalized spacial score (nSPS) is 18.0. The molecule has 4 amide bonds. The van der Waals surface area contributed by atoms with Crippen molar-refractivity contribution in [3.05, 3.63) is 70.8 Å². The van der Waals surface area contributed by atoms with E-state index < -0.39 is 29.7 Å². The van der Waals surface area contributed by atoms with Crippen LogP contribution < -0.4 is 10.1 Å². The summed E-state index contributed by atoms with van der Waals surface area (Å²) in [7, 11) is 1.43. The number of allylic oxidation sites excluding steroid dienone is 2. The minimum atomic E-state index is -1.03. The summed E-state index contributed by atoms with van der Waals surface area (Å²) in [5.74, 6) is -2.35. The molecule has 0 spiro atoms. The lowest BCUT2D eigenvalue weighted by Crippen LogP contribution is -2.54. The van der Waals surface area contributed by atoms with Crippen molar-refractivity contribution in [2.45, 2.75) is 18.9 Å². The van der Waals surface area contributed by atoms with Crippen LogP contribution in [0.1, 0.15) is 44.7 Å². The Kier molecular flexibility index (Phi) is 6.09. The molecule has 2 N–H and O–H groups in total. The van der Waals surface area contributed by atoms with Gasteiger partial charge in [-0.25, -0.2) is 0 Å². The topological polar surface area (TPSA) is 130 Å². The van der Waals surface area contributed by atoms with E-state index in [4.69, 9.17) is 4.74 Å². The Morgan fingerprint density at radius 1 is 1.00 bits per heavy atom. The zero-order valence-electron chi connectivity index (χ0n) is 18.1. The molecule has 2 aromatic rings. The van der Waals surface area contributed by atoms with E-state index in [1.807, 2.05) is 0 Å². The minimum Gasteiger partial charge on any atom is -0.504 e. The molecule has 9 nitrogen and oxygen atoms in total. The highest BCUT2D eigenvalue weighted by atomic mass is 16.5. The average Bonchev–Trinajstić information content (AvgIpc) is 3.06. The van der Waals surface area contributed by atoms with Crippen LogP contribution in [0.15, 0.2) is 48.6 Å². The maximum atomic E-state index is 12.9. The molecule has 1 atom stereocenters. The van der Waals surface area contributed by atoms with Gasteiger partial charge in [-0.3, -0.25) is 34.2 Å². The van der Waals surface area contributed by atoms with Crippen molar-refractivity contribution in [3.8, 4) is 11.5 Å². The van der Waals surface area contributed by atoms with Gasteiger partial charge in [0.25, 0.3) is 11.8 Å². The molecule has 4 rings (SSSR count). The van der Waals surface area contributed by atoms with Gasteiger partial charge in [0.05, 0.1) is 18.2 Å². The van der Waals surface area contributed by atoms with E-state index in [1.54, 1.807) is 24.3 Å². The number of piperidine rings is 1. The largest absolute Gasteiger partial charge is 0.504 e. The first-order chi connectivity index (χ1) is 16.3. The number of aromatic hydroxyl groups is 1. The Morgan fingerprint density at radius 3 is 2.32 bits per heavy atom. The number of nitrogens with one attached hydrogen (secondary N) is 1. The quantitative estimate of drug-likeness (QED) is 0.499. The number of phenols is 1. The second-order valence-electron chi connectivity index (χ2n) is 7.75. The third kappa shape index (κ3) is 4.36. The fraction of sp³-hybridized carbons (Fsp3) is 0.160. The Bertz CT molecular complexity index is 1290. The molecule has 2 heterocycles. The van der Waals surface area contributed by atoms with Crippen molar-refractivity contribution in [1.29, 1.82) is 0 Å². The smallest absolute Gasteiger partial charge is 0.262 e. The Morgan fingerprint density at radius 2 is 1.65 bits per heavy atom. The van der Waals surface area contributed by atoms with E-state index in [2.05, 4.69) is 5.32 Å². The Balaban J connectivity index is 1.48. The zero-order valence-corrected chi connectivity index (χ0v) is 18.1. The van der Waals surface area contributed by atoms with Crippen molar-refractivity contribution in [2.24, 2.45) is 0 Å². The van der Waals surface area contributed by atoms with E-state index in [1.165, 1.54) is 43.5 Å². The number of fused-ring (bicyclic) bond motifs is 1. The van der Waals surface area contributed by atoms with Crippen LogP contribution in [0.25, 0.3) is 12.2 Å². The van der Waals surface area contributed by atoms with Crippen LogP contribution >= 0.6 is 0 Å². The number of ketones is 1. The Labute approximate surface area is 194 Å². The lowest BCUT2D eigenvalue weighted by atomic mass is 10.0. The lowest BCUT2D eigenvalue weighted by molar-refractivity contribution is -0.136. The van der Waals surface area contributed by atoms with Crippen molar-refractivity contribution >= 4 is 41.6 Å². The molecule has 0 aliphatic carbocycles. The first kappa shape index (κ1) is 22.7. The van der Waals surface area contributed by atoms with Crippen LogP contribution in [0.2, 0.25) is 0 Å². The van der Waals surface area contributed by atoms with E-state index in [9.17, 15) is 29.1 Å². The molecular formula is C25H20N2O7. The van der Waals surface area contributed by atoms with Gasteiger partial charge < -0.3 is 9.84 Å². The average molecular weight is 460 g/mol. The van der Waals surface area contributed by atoms with Gasteiger partial charge in [-0.15, -0.1) is 0 Å². The zero-order chi connectivity index (χ0) is 24.4. The third-order valence-electron chi connectivity index (χ3n) is 5.55. The van der Waals surface area contributed by atoms with Crippen LogP contribution in [-0.4, -0.2) is 52.6 Å². The fourth-order valence-corrected chi connectivity index (χ4v) is 3.80. The van der Waals surface area contributed by atoms with E-state index >= 15 is 0 Å². The maximum absolute atomic E-state index is 12.9. The van der Waals surface area contributed by atoms with E-state index in [-0.39, 0.29) is 41.3 Å². The SMILES string of the molecule is COc1cc(/C=C/C(=O)/C=C/c2ccc3c(c2)C(=O)N(C2CCC(=O)NC2=O)C3=O)ccc1O. The molecule has 34 heavy (non-hydrogen) atoms. The summed E-state index contributed by atoms with van der Waals surface area (Å²) in [6.45, 7) is 0. The summed E-state index contributed by atoms with van der Waals surface area (Å²) < 4.78 is 5.03. The number of rotatable bonds is 6. The number of phenolic OH excluding ortho intramolecular Hbond substituents is 1. The molecule has 1 unspecified atom stereocenters. The highest BCUT2D eigenvalue weighted by molar-refractivity contribution is 6.23. The number of nitrogens with zero attached hydrogens (tertiary/aromatic N) is 1. The highest BCUT2D eigenvalue weighted by Crippen LogP contribution is 2.29. The number of carbonyl (C=O) groups is 5. The summed E-state index contributed by atoms with van der Waals surface area (Å²) >= 11 is 0. The first-order valence-electron chi connectivity index (χ1n) is 10.4. The van der Waals surface area contributed by atoms with Gasteiger partial charge in [0.2, 0.25) is 11.8 Å². The molecule has 0 aromatic heterocycles. The summed E-state index contributed by atoms with van der Waals surface area (Å²) in [5, 5.41) is 11.8. The fourth-order valence-electron chi connectivity index (χ4n) is 3.80. The summed E-state index contributed by atoms with van der Waals surface area (Å²) in [6, 6.07) is 8.19. The number of benzene rings is 2. The van der Waals surface area contributed by atoms with Crippen LogP contribution in [0.4, 0.5) is 0 Å². The first-order valence-corrected chi connectivity index (χ1v) is 10.4. The number of methoxy groups -OCH3 is 1. The van der Waals surface area contributed by atoms with Gasteiger partial charge in [-0.05, 0) is 54.0 Å². The van der Waals surface area contributed by atoms with Gasteiger partial charge >= 0.3 is 0 Å². The standard InChI is InChI=1S/C25H20N2O7/c1-34-21-13-15(5-10-20(21)29)3-7-16(28)6-2-14-4-8-17-18(12-14)25(33)27(24(17)32)19-9-11-22(30)26-23(19)31/h2-8,10,12-13,19,29H,9,11H2,1H3,(H,26,30,31)/b6-2+,7-3+. The van der Waals surface area contributed by atoms with Crippen LogP contribution in [0.3, 0.4) is 0 Å². The molecule has 2 aliphatic heterocycles. The second kappa shape index (κ2) is 9.14. The molecule has 172 valence electrons. The molecular weight excluding hydrogens is 440 g/mol. The maximum Gasteiger partial charge on any atom is 0.262 e. The van der Waals surface area contributed by atoms with E-state index in [0.717, 1.165) is 4.90 Å². The monoisotopic (exact) mass is 460 g/mol. The van der Waals surface area contributed by atoms with Crippen molar-refractivity contribution in [3.63, 3.8) is 0 Å². The number of amides is 4. The number of imide groups is 2. The molecule has 9 heteroatoms. The van der Waals surface area contributed by atoms with Gasteiger partial charge in [-0.1, -0.05) is 24.3 Å². The van der Waals surface area contributed by atoms with Crippen molar-refractivity contribution in [1.82, 2.24) is 10.2 Å². The molecule has 2 aliphatic rings. The van der Waals surface area contributed by atoms with Gasteiger partial charge in [0, 0.05) is 6.42 Å². The summed E-state index contributed by atoms with van der Waals surface area (Å²) in [5.41, 5.74) is 1.49. The van der Waals surface area contributed by atoms with Crippen LogP contribution in [-0.2, 0) is 14.4 Å². The molecule has 1 fully saturated rings. The number of hydrogen-bond donors (Lipinski definition) is 2. The molecule has 1 saturated heterocycles. The minimum absolute atomic E-state index is 0.00770. The summed E-state index contributed by atoms with van der Waals surface area (Å²) in [6.07, 6.45) is 5.86. The van der Waals surface area contributed by atoms with Gasteiger partial charge in [-0.2, -0.15) is 0 Å².